The van der Waals surface area contributed by atoms with Crippen molar-refractivity contribution in [1.29, 1.82) is 0 Å². The molecule has 2 rings (SSSR count). The average Bonchev–Trinajstić information content (AvgIpc) is 2.32. The summed E-state index contributed by atoms with van der Waals surface area (Å²) in [6.07, 6.45) is 3.99. The van der Waals surface area contributed by atoms with Crippen LogP contribution < -0.4 is 11.5 Å². The fourth-order valence-corrected chi connectivity index (χ4v) is 1.49. The summed E-state index contributed by atoms with van der Waals surface area (Å²) in [6.45, 7) is 0. The number of hydrogen-bond acceptors (Lipinski definition) is 2. The van der Waals surface area contributed by atoms with E-state index in [0.29, 0.717) is 0 Å². The monoisotopic (exact) mass is 210 g/mol. The normalized spacial score (nSPS) is 10.8. The Balaban J connectivity index is 2.27. The molecule has 0 unspecified atom stereocenters. The third-order valence-electron chi connectivity index (χ3n) is 2.37. The van der Waals surface area contributed by atoms with E-state index in [-0.39, 0.29) is 0 Å². The molecule has 0 spiro atoms. The molecule has 0 aromatic heterocycles. The highest BCUT2D eigenvalue weighted by Gasteiger charge is 1.95. The second kappa shape index (κ2) is 4.53. The zero-order valence-electron chi connectivity index (χ0n) is 8.93. The molecule has 0 bridgehead atoms. The van der Waals surface area contributed by atoms with E-state index < -0.39 is 0 Å². The van der Waals surface area contributed by atoms with Gasteiger partial charge in [0, 0.05) is 11.4 Å². The first kappa shape index (κ1) is 10.3. The van der Waals surface area contributed by atoms with Crippen molar-refractivity contribution < 1.29 is 0 Å². The Morgan fingerprint density at radius 2 is 1.56 bits per heavy atom. The van der Waals surface area contributed by atoms with Crippen molar-refractivity contribution >= 4 is 23.5 Å². The van der Waals surface area contributed by atoms with Crippen LogP contribution in [0.4, 0.5) is 11.4 Å². The van der Waals surface area contributed by atoms with Crippen LogP contribution in [-0.4, -0.2) is 0 Å². The molecule has 0 fully saturated rings. The van der Waals surface area contributed by atoms with E-state index in [1.54, 1.807) is 6.07 Å². The second-order valence-corrected chi connectivity index (χ2v) is 3.63. The van der Waals surface area contributed by atoms with E-state index in [4.69, 9.17) is 11.5 Å². The highest BCUT2D eigenvalue weighted by Crippen LogP contribution is 2.18. The Labute approximate surface area is 95.2 Å². The highest BCUT2D eigenvalue weighted by molar-refractivity contribution is 5.77. The highest BCUT2D eigenvalue weighted by atomic mass is 14.6. The van der Waals surface area contributed by atoms with Crippen LogP contribution in [0.25, 0.3) is 12.2 Å². The summed E-state index contributed by atoms with van der Waals surface area (Å²) < 4.78 is 0. The minimum Gasteiger partial charge on any atom is -0.399 e. The first-order chi connectivity index (χ1) is 7.75. The molecular formula is C14H14N2. The van der Waals surface area contributed by atoms with Gasteiger partial charge in [0.1, 0.15) is 0 Å². The van der Waals surface area contributed by atoms with Crippen LogP contribution in [0.2, 0.25) is 0 Å². The topological polar surface area (TPSA) is 52.0 Å². The zero-order chi connectivity index (χ0) is 11.4. The van der Waals surface area contributed by atoms with Gasteiger partial charge in [-0.05, 0) is 29.3 Å². The maximum absolute atomic E-state index is 5.85. The van der Waals surface area contributed by atoms with E-state index in [2.05, 4.69) is 0 Å². The molecule has 0 aliphatic heterocycles. The Morgan fingerprint density at radius 1 is 0.812 bits per heavy atom. The average molecular weight is 210 g/mol. The number of rotatable bonds is 2. The molecule has 0 heterocycles. The summed E-state index contributed by atoms with van der Waals surface area (Å²) in [7, 11) is 0. The maximum Gasteiger partial charge on any atom is 0.0389 e. The molecule has 2 aromatic carbocycles. The second-order valence-electron chi connectivity index (χ2n) is 3.63. The van der Waals surface area contributed by atoms with Gasteiger partial charge >= 0.3 is 0 Å². The first-order valence-electron chi connectivity index (χ1n) is 5.14. The summed E-state index contributed by atoms with van der Waals surface area (Å²) in [4.78, 5) is 0. The van der Waals surface area contributed by atoms with E-state index >= 15 is 0 Å². The lowest BCUT2D eigenvalue weighted by Gasteiger charge is -2.01. The molecule has 0 saturated heterocycles. The van der Waals surface area contributed by atoms with Crippen LogP contribution in [0.5, 0.6) is 0 Å². The van der Waals surface area contributed by atoms with E-state index in [0.717, 1.165) is 22.5 Å². The first-order valence-corrected chi connectivity index (χ1v) is 5.14. The fraction of sp³-hybridized carbons (Fsp3) is 0. The SMILES string of the molecule is Nc1ccc(N)c(C=Cc2ccccc2)c1. The van der Waals surface area contributed by atoms with Gasteiger partial charge in [-0.2, -0.15) is 0 Å². The van der Waals surface area contributed by atoms with Crippen LogP contribution in [0.15, 0.2) is 48.5 Å². The van der Waals surface area contributed by atoms with Crippen LogP contribution >= 0.6 is 0 Å². The maximum atomic E-state index is 5.85. The van der Waals surface area contributed by atoms with Crippen molar-refractivity contribution in [3.63, 3.8) is 0 Å². The molecule has 4 N–H and O–H groups in total. The summed E-state index contributed by atoms with van der Waals surface area (Å²) in [5, 5.41) is 0. The van der Waals surface area contributed by atoms with Gasteiger partial charge in [0.15, 0.2) is 0 Å². The summed E-state index contributed by atoms with van der Waals surface area (Å²) in [5.74, 6) is 0. The van der Waals surface area contributed by atoms with Crippen molar-refractivity contribution in [3.05, 3.63) is 59.7 Å². The standard InChI is InChI=1S/C14H14N2/c15-13-8-9-14(16)12(10-13)7-6-11-4-2-1-3-5-11/h1-10H,15-16H2. The van der Waals surface area contributed by atoms with Crippen LogP contribution in [0, 0.1) is 0 Å². The summed E-state index contributed by atoms with van der Waals surface area (Å²) >= 11 is 0. The lowest BCUT2D eigenvalue weighted by molar-refractivity contribution is 1.62. The molecule has 0 atom stereocenters. The molecule has 0 aliphatic carbocycles. The van der Waals surface area contributed by atoms with Crippen molar-refractivity contribution in [2.45, 2.75) is 0 Å². The lowest BCUT2D eigenvalue weighted by Crippen LogP contribution is -1.91. The van der Waals surface area contributed by atoms with Crippen LogP contribution in [0.3, 0.4) is 0 Å². The van der Waals surface area contributed by atoms with Gasteiger partial charge in [0.05, 0.1) is 0 Å². The quantitative estimate of drug-likeness (QED) is 0.591. The molecule has 2 aromatic rings. The van der Waals surface area contributed by atoms with Crippen molar-refractivity contribution in [2.24, 2.45) is 0 Å². The molecule has 16 heavy (non-hydrogen) atoms. The van der Waals surface area contributed by atoms with E-state index in [1.165, 1.54) is 0 Å². The van der Waals surface area contributed by atoms with Crippen LogP contribution in [-0.2, 0) is 0 Å². The third-order valence-corrected chi connectivity index (χ3v) is 2.37. The van der Waals surface area contributed by atoms with Gasteiger partial charge in [-0.3, -0.25) is 0 Å². The Bertz CT molecular complexity index is 501. The predicted octanol–water partition coefficient (Wildman–Crippen LogP) is 3.02. The lowest BCUT2D eigenvalue weighted by atomic mass is 10.1. The number of benzene rings is 2. The molecular weight excluding hydrogens is 196 g/mol. The van der Waals surface area contributed by atoms with Gasteiger partial charge in [-0.25, -0.2) is 0 Å². The fourth-order valence-electron chi connectivity index (χ4n) is 1.49. The number of hydrogen-bond donors (Lipinski definition) is 2. The Kier molecular flexibility index (Phi) is 2.92. The molecule has 0 amide bonds. The summed E-state index contributed by atoms with van der Waals surface area (Å²) in [6, 6.07) is 15.6. The van der Waals surface area contributed by atoms with Crippen molar-refractivity contribution in [3.8, 4) is 0 Å². The number of nitrogens with two attached hydrogens (primary N) is 2. The van der Waals surface area contributed by atoms with Gasteiger partial charge in [-0.15, -0.1) is 0 Å². The Hall–Kier alpha value is -2.22. The van der Waals surface area contributed by atoms with E-state index in [9.17, 15) is 0 Å². The molecule has 0 aliphatic rings. The largest absolute Gasteiger partial charge is 0.399 e. The smallest absolute Gasteiger partial charge is 0.0389 e. The minimum atomic E-state index is 0.724. The van der Waals surface area contributed by atoms with E-state index in [1.807, 2.05) is 54.6 Å². The molecule has 2 heteroatoms. The molecule has 0 radical (unpaired) electrons. The van der Waals surface area contributed by atoms with Crippen molar-refractivity contribution in [1.82, 2.24) is 0 Å². The van der Waals surface area contributed by atoms with Crippen LogP contribution in [0.1, 0.15) is 11.1 Å². The summed E-state index contributed by atoms with van der Waals surface area (Å²) in [5.41, 5.74) is 15.1. The van der Waals surface area contributed by atoms with Gasteiger partial charge in [0.2, 0.25) is 0 Å². The zero-order valence-corrected chi connectivity index (χ0v) is 8.93. The third kappa shape index (κ3) is 2.42. The van der Waals surface area contributed by atoms with Gasteiger partial charge in [-0.1, -0.05) is 42.5 Å². The molecule has 0 saturated carbocycles. The minimum absolute atomic E-state index is 0.724. The number of anilines is 2. The predicted molar refractivity (Wildman–Crippen MR) is 70.6 cm³/mol. The molecule has 80 valence electrons. The van der Waals surface area contributed by atoms with Crippen molar-refractivity contribution in [2.75, 3.05) is 11.5 Å². The molecule has 2 nitrogen and oxygen atoms in total. The number of nitrogen functional groups attached to an aromatic ring is 2. The van der Waals surface area contributed by atoms with Gasteiger partial charge in [0.25, 0.3) is 0 Å². The van der Waals surface area contributed by atoms with Gasteiger partial charge < -0.3 is 11.5 Å². The Morgan fingerprint density at radius 3 is 2.31 bits per heavy atom.